The number of para-hydroxylation sites is 2. The number of aromatic nitrogens is 2. The van der Waals surface area contributed by atoms with Gasteiger partial charge in [0.1, 0.15) is 0 Å². The van der Waals surface area contributed by atoms with E-state index in [4.69, 9.17) is 9.72 Å². The summed E-state index contributed by atoms with van der Waals surface area (Å²) >= 11 is 1.65. The monoisotopic (exact) mass is 485 g/mol. The minimum absolute atomic E-state index is 0.205. The maximum absolute atomic E-state index is 14.0. The Hall–Kier alpha value is -3.58. The molecule has 0 spiro atoms. The van der Waals surface area contributed by atoms with E-state index in [1.165, 1.54) is 0 Å². The van der Waals surface area contributed by atoms with Gasteiger partial charge in [-0.1, -0.05) is 54.1 Å². The number of imidazole rings is 1. The Balaban J connectivity index is 1.72. The molecule has 1 aliphatic rings. The second-order valence-electron chi connectivity index (χ2n) is 8.63. The van der Waals surface area contributed by atoms with Crippen LogP contribution < -0.4 is 4.90 Å². The molecule has 0 aliphatic carbocycles. The fraction of sp³-hybridized carbons (Fsp3) is 0.250. The number of hydrogen-bond donors (Lipinski definition) is 0. The number of carbonyl (C=O) groups excluding carboxylic acids is 2. The average molecular weight is 486 g/mol. The van der Waals surface area contributed by atoms with Gasteiger partial charge in [-0.05, 0) is 55.5 Å². The van der Waals surface area contributed by atoms with Gasteiger partial charge in [-0.15, -0.1) is 11.8 Å². The number of nitrogens with zero attached hydrogens (tertiary/aromatic N) is 3. The molecule has 0 fully saturated rings. The van der Waals surface area contributed by atoms with Crippen LogP contribution in [0.3, 0.4) is 0 Å². The number of aryl methyl sites for hydroxylation is 1. The molecule has 4 aromatic rings. The summed E-state index contributed by atoms with van der Waals surface area (Å²) in [7, 11) is 0. The molecule has 0 saturated carbocycles. The Morgan fingerprint density at radius 2 is 1.74 bits per heavy atom. The highest BCUT2D eigenvalue weighted by atomic mass is 32.2. The van der Waals surface area contributed by atoms with E-state index in [9.17, 15) is 9.59 Å². The lowest BCUT2D eigenvalue weighted by atomic mass is 9.89. The van der Waals surface area contributed by atoms with Crippen LogP contribution in [0.4, 0.5) is 5.95 Å². The number of esters is 1. The third-order valence-corrected chi connectivity index (χ3v) is 7.15. The Morgan fingerprint density at radius 3 is 2.43 bits per heavy atom. The first kappa shape index (κ1) is 23.2. The van der Waals surface area contributed by atoms with Crippen LogP contribution in [0.5, 0.6) is 0 Å². The number of anilines is 1. The lowest BCUT2D eigenvalue weighted by Gasteiger charge is -2.38. The summed E-state index contributed by atoms with van der Waals surface area (Å²) in [6, 6.07) is 23.3. The van der Waals surface area contributed by atoms with E-state index in [-0.39, 0.29) is 12.5 Å². The van der Waals surface area contributed by atoms with Gasteiger partial charge in [-0.3, -0.25) is 14.5 Å². The van der Waals surface area contributed by atoms with Crippen LogP contribution in [0.25, 0.3) is 11.0 Å². The predicted octanol–water partition coefficient (Wildman–Crippen LogP) is 5.38. The van der Waals surface area contributed by atoms with E-state index in [2.05, 4.69) is 0 Å². The van der Waals surface area contributed by atoms with Crippen molar-refractivity contribution in [2.24, 2.45) is 5.92 Å². The second kappa shape index (κ2) is 9.58. The van der Waals surface area contributed by atoms with Crippen molar-refractivity contribution in [3.8, 4) is 0 Å². The summed E-state index contributed by atoms with van der Waals surface area (Å²) in [5.74, 6) is -1.30. The van der Waals surface area contributed by atoms with Crippen LogP contribution in [0.2, 0.25) is 0 Å². The van der Waals surface area contributed by atoms with Gasteiger partial charge in [-0.2, -0.15) is 0 Å². The van der Waals surface area contributed by atoms with E-state index in [0.29, 0.717) is 12.5 Å². The maximum atomic E-state index is 14.0. The summed E-state index contributed by atoms with van der Waals surface area (Å²) in [6.07, 6.45) is 2.02. The van der Waals surface area contributed by atoms with Crippen LogP contribution >= 0.6 is 11.8 Å². The number of ether oxygens (including phenoxy) is 1. The first-order chi connectivity index (χ1) is 17.0. The number of amides is 1. The van der Waals surface area contributed by atoms with Gasteiger partial charge in [0.15, 0.2) is 5.92 Å². The molecule has 2 unspecified atom stereocenters. The van der Waals surface area contributed by atoms with Gasteiger partial charge in [0.2, 0.25) is 11.9 Å². The zero-order chi connectivity index (χ0) is 24.5. The van der Waals surface area contributed by atoms with Crippen molar-refractivity contribution in [2.75, 3.05) is 17.8 Å². The lowest BCUT2D eigenvalue weighted by Crippen LogP contribution is -2.49. The van der Waals surface area contributed by atoms with Crippen molar-refractivity contribution in [3.05, 3.63) is 89.5 Å². The molecule has 1 amide bonds. The van der Waals surface area contributed by atoms with E-state index in [1.54, 1.807) is 23.6 Å². The maximum Gasteiger partial charge on any atom is 0.321 e. The topological polar surface area (TPSA) is 64.4 Å². The van der Waals surface area contributed by atoms with E-state index in [0.717, 1.165) is 32.6 Å². The number of thioether (sulfide) groups is 1. The standard InChI is InChI=1S/C28H27N3O3S/c1-4-34-27(33)24-25(20-13-15-21(35-3)16-14-20)31-23-8-6-5-7-22(23)29-28(31)30(26(24)32)17-19-11-9-18(2)10-12-19/h5-16,24-25H,4,17H2,1-3H3. The summed E-state index contributed by atoms with van der Waals surface area (Å²) in [5, 5.41) is 0. The Morgan fingerprint density at radius 1 is 1.03 bits per heavy atom. The van der Waals surface area contributed by atoms with Gasteiger partial charge in [-0.25, -0.2) is 4.98 Å². The summed E-state index contributed by atoms with van der Waals surface area (Å²) < 4.78 is 7.47. The normalized spacial score (nSPS) is 17.5. The summed E-state index contributed by atoms with van der Waals surface area (Å²) in [5.41, 5.74) is 4.63. The molecule has 35 heavy (non-hydrogen) atoms. The molecule has 7 heteroatoms. The molecule has 0 radical (unpaired) electrons. The molecule has 0 bridgehead atoms. The Labute approximate surface area is 208 Å². The smallest absolute Gasteiger partial charge is 0.321 e. The number of fused-ring (bicyclic) bond motifs is 3. The molecule has 1 aromatic heterocycles. The second-order valence-corrected chi connectivity index (χ2v) is 9.51. The average Bonchev–Trinajstić information content (AvgIpc) is 3.26. The Kier molecular flexibility index (Phi) is 6.34. The summed E-state index contributed by atoms with van der Waals surface area (Å²) in [4.78, 5) is 34.9. The molecule has 6 nitrogen and oxygen atoms in total. The summed E-state index contributed by atoms with van der Waals surface area (Å²) in [6.45, 7) is 4.31. The quantitative estimate of drug-likeness (QED) is 0.208. The van der Waals surface area contributed by atoms with Gasteiger partial charge in [0.25, 0.3) is 0 Å². The van der Waals surface area contributed by atoms with Crippen molar-refractivity contribution in [2.45, 2.75) is 31.3 Å². The van der Waals surface area contributed by atoms with E-state index >= 15 is 0 Å². The number of rotatable bonds is 6. The number of benzene rings is 3. The minimum Gasteiger partial charge on any atom is -0.465 e. The molecule has 178 valence electrons. The van der Waals surface area contributed by atoms with Crippen LogP contribution in [0.1, 0.15) is 29.7 Å². The Bertz CT molecular complexity index is 1380. The molecule has 1 aliphatic heterocycles. The first-order valence-electron chi connectivity index (χ1n) is 11.7. The third kappa shape index (κ3) is 4.21. The zero-order valence-electron chi connectivity index (χ0n) is 20.0. The molecular formula is C28H27N3O3S. The highest BCUT2D eigenvalue weighted by Crippen LogP contribution is 2.42. The highest BCUT2D eigenvalue weighted by Gasteiger charge is 2.47. The molecule has 5 rings (SSSR count). The van der Waals surface area contributed by atoms with Gasteiger partial charge >= 0.3 is 5.97 Å². The molecular weight excluding hydrogens is 458 g/mol. The lowest BCUT2D eigenvalue weighted by molar-refractivity contribution is -0.153. The highest BCUT2D eigenvalue weighted by molar-refractivity contribution is 7.98. The van der Waals surface area contributed by atoms with Crippen LogP contribution in [0.15, 0.2) is 77.7 Å². The van der Waals surface area contributed by atoms with Crippen molar-refractivity contribution < 1.29 is 14.3 Å². The fourth-order valence-corrected chi connectivity index (χ4v) is 5.08. The van der Waals surface area contributed by atoms with Gasteiger partial charge in [0.05, 0.1) is 30.2 Å². The SMILES string of the molecule is CCOC(=O)C1C(=O)N(Cc2ccc(C)cc2)c2nc3ccccc3n2C1c1ccc(SC)cc1. The van der Waals surface area contributed by atoms with E-state index in [1.807, 2.05) is 90.5 Å². The van der Waals surface area contributed by atoms with Crippen LogP contribution in [0, 0.1) is 12.8 Å². The van der Waals surface area contributed by atoms with Crippen molar-refractivity contribution in [1.82, 2.24) is 9.55 Å². The van der Waals surface area contributed by atoms with E-state index < -0.39 is 17.9 Å². The van der Waals surface area contributed by atoms with Gasteiger partial charge in [0, 0.05) is 4.90 Å². The molecule has 2 atom stereocenters. The number of carbonyl (C=O) groups is 2. The minimum atomic E-state index is -1.02. The van der Waals surface area contributed by atoms with Gasteiger partial charge < -0.3 is 9.30 Å². The zero-order valence-corrected chi connectivity index (χ0v) is 20.8. The molecule has 0 N–H and O–H groups in total. The van der Waals surface area contributed by atoms with Crippen LogP contribution in [-0.2, 0) is 20.9 Å². The third-order valence-electron chi connectivity index (χ3n) is 6.40. The number of hydrogen-bond acceptors (Lipinski definition) is 5. The fourth-order valence-electron chi connectivity index (χ4n) is 4.68. The van der Waals surface area contributed by atoms with Crippen LogP contribution in [-0.4, -0.2) is 34.3 Å². The predicted molar refractivity (Wildman–Crippen MR) is 139 cm³/mol. The molecule has 3 aromatic carbocycles. The molecule has 2 heterocycles. The van der Waals surface area contributed by atoms with Crippen molar-refractivity contribution in [3.63, 3.8) is 0 Å². The molecule has 0 saturated heterocycles. The largest absolute Gasteiger partial charge is 0.465 e. The van der Waals surface area contributed by atoms with Crippen molar-refractivity contribution in [1.29, 1.82) is 0 Å². The van der Waals surface area contributed by atoms with Crippen molar-refractivity contribution >= 4 is 40.6 Å². The first-order valence-corrected chi connectivity index (χ1v) is 12.9.